The Bertz CT molecular complexity index is 849. The van der Waals surface area contributed by atoms with E-state index in [9.17, 15) is 23.3 Å². The molecule has 1 aromatic carbocycles. The van der Waals surface area contributed by atoms with Crippen molar-refractivity contribution in [3.8, 4) is 0 Å². The lowest BCUT2D eigenvalue weighted by atomic mass is 10.1. The van der Waals surface area contributed by atoms with Crippen LogP contribution in [-0.4, -0.2) is 82.5 Å². The molecule has 13 heteroatoms. The zero-order valence-corrected chi connectivity index (χ0v) is 15.7. The van der Waals surface area contributed by atoms with Crippen molar-refractivity contribution in [3.05, 3.63) is 39.9 Å². The third-order valence-electron chi connectivity index (χ3n) is 3.77. The highest BCUT2D eigenvalue weighted by Crippen LogP contribution is 2.16. The van der Waals surface area contributed by atoms with Gasteiger partial charge in [0.2, 0.25) is 10.0 Å². The molecule has 1 aliphatic heterocycles. The summed E-state index contributed by atoms with van der Waals surface area (Å²) in [7, 11) is -3.25. The lowest BCUT2D eigenvalue weighted by Gasteiger charge is -2.33. The molecule has 12 nitrogen and oxygen atoms in total. The van der Waals surface area contributed by atoms with E-state index >= 15 is 0 Å². The molecule has 0 aliphatic carbocycles. The number of carboxylic acids is 2. The van der Waals surface area contributed by atoms with Gasteiger partial charge in [0.1, 0.15) is 0 Å². The molecule has 1 amide bonds. The molecular formula is C15H19N3O9S. The molecular weight excluding hydrogens is 398 g/mol. The standard InChI is InChI=1S/C13H17N3O5S.C2H2O4/c1-2-22(20,21)15-8-6-14(7-9-15)13(17)11-4-3-5-12(10-11)16(18)19;3-1(4)2(5)6/h3-5,10H,2,6-9H2,1H3;(H,3,4)(H,5,6). The van der Waals surface area contributed by atoms with Crippen LogP contribution < -0.4 is 0 Å². The Morgan fingerprint density at radius 3 is 2.07 bits per heavy atom. The molecule has 1 saturated heterocycles. The van der Waals surface area contributed by atoms with E-state index in [0.29, 0.717) is 0 Å². The molecule has 0 saturated carbocycles. The Morgan fingerprint density at radius 2 is 1.64 bits per heavy atom. The SMILES string of the molecule is CCS(=O)(=O)N1CCN(C(=O)c2cccc([N+](=O)[O-])c2)CC1.O=C(O)C(=O)O. The molecule has 2 rings (SSSR count). The number of piperazine rings is 1. The van der Waals surface area contributed by atoms with Gasteiger partial charge in [-0.25, -0.2) is 18.0 Å². The van der Waals surface area contributed by atoms with E-state index < -0.39 is 26.9 Å². The lowest BCUT2D eigenvalue weighted by molar-refractivity contribution is -0.384. The van der Waals surface area contributed by atoms with Crippen molar-refractivity contribution in [1.82, 2.24) is 9.21 Å². The number of carboxylic acid groups (broad SMARTS) is 2. The number of amides is 1. The van der Waals surface area contributed by atoms with Gasteiger partial charge in [0.15, 0.2) is 0 Å². The largest absolute Gasteiger partial charge is 0.473 e. The van der Waals surface area contributed by atoms with Crippen LogP contribution in [0.15, 0.2) is 24.3 Å². The van der Waals surface area contributed by atoms with Crippen molar-refractivity contribution in [1.29, 1.82) is 0 Å². The quantitative estimate of drug-likeness (QED) is 0.383. The number of nitro groups is 1. The molecule has 1 aromatic rings. The minimum Gasteiger partial charge on any atom is -0.473 e. The number of hydrogen-bond donors (Lipinski definition) is 2. The fraction of sp³-hybridized carbons (Fsp3) is 0.400. The summed E-state index contributed by atoms with van der Waals surface area (Å²) < 4.78 is 24.9. The molecule has 154 valence electrons. The molecule has 0 radical (unpaired) electrons. The number of nitrogens with zero attached hydrogens (tertiary/aromatic N) is 3. The number of nitro benzene ring substituents is 1. The minimum absolute atomic E-state index is 0.0336. The van der Waals surface area contributed by atoms with Gasteiger partial charge in [-0.15, -0.1) is 0 Å². The van der Waals surface area contributed by atoms with Crippen molar-refractivity contribution >= 4 is 33.6 Å². The smallest absolute Gasteiger partial charge is 0.414 e. The van der Waals surface area contributed by atoms with Gasteiger partial charge in [-0.2, -0.15) is 4.31 Å². The van der Waals surface area contributed by atoms with Crippen molar-refractivity contribution in [3.63, 3.8) is 0 Å². The maximum absolute atomic E-state index is 12.3. The molecule has 2 N–H and O–H groups in total. The van der Waals surface area contributed by atoms with Gasteiger partial charge in [-0.1, -0.05) is 6.07 Å². The maximum Gasteiger partial charge on any atom is 0.414 e. The predicted molar refractivity (Wildman–Crippen MR) is 95.3 cm³/mol. The molecule has 28 heavy (non-hydrogen) atoms. The first-order valence-electron chi connectivity index (χ1n) is 7.97. The molecule has 1 fully saturated rings. The fourth-order valence-corrected chi connectivity index (χ4v) is 3.37. The van der Waals surface area contributed by atoms with E-state index in [0.717, 1.165) is 0 Å². The van der Waals surface area contributed by atoms with Crippen LogP contribution in [0.5, 0.6) is 0 Å². The Morgan fingerprint density at radius 1 is 1.11 bits per heavy atom. The zero-order chi connectivity index (χ0) is 21.5. The Kier molecular flexibility index (Phi) is 8.00. The number of benzene rings is 1. The van der Waals surface area contributed by atoms with Crippen LogP contribution in [-0.2, 0) is 19.6 Å². The lowest BCUT2D eigenvalue weighted by Crippen LogP contribution is -2.50. The summed E-state index contributed by atoms with van der Waals surface area (Å²) in [5.74, 6) is -3.94. The van der Waals surface area contributed by atoms with E-state index in [1.807, 2.05) is 0 Å². The Hall–Kier alpha value is -3.06. The highest BCUT2D eigenvalue weighted by atomic mass is 32.2. The van der Waals surface area contributed by atoms with Gasteiger partial charge in [-0.3, -0.25) is 14.9 Å². The van der Waals surface area contributed by atoms with Crippen LogP contribution in [0.2, 0.25) is 0 Å². The van der Waals surface area contributed by atoms with Gasteiger partial charge < -0.3 is 15.1 Å². The number of hydrogen-bond acceptors (Lipinski definition) is 7. The minimum atomic E-state index is -3.25. The molecule has 0 unspecified atom stereocenters. The highest BCUT2D eigenvalue weighted by molar-refractivity contribution is 7.89. The molecule has 0 bridgehead atoms. The van der Waals surface area contributed by atoms with Gasteiger partial charge >= 0.3 is 11.9 Å². The third kappa shape index (κ3) is 6.28. The summed E-state index contributed by atoms with van der Waals surface area (Å²) >= 11 is 0. The van der Waals surface area contributed by atoms with E-state index in [1.54, 1.807) is 6.92 Å². The average Bonchev–Trinajstić information content (AvgIpc) is 2.68. The summed E-state index contributed by atoms with van der Waals surface area (Å²) in [6, 6.07) is 5.54. The number of carbonyl (C=O) groups excluding carboxylic acids is 1. The van der Waals surface area contributed by atoms with Crippen molar-refractivity contribution < 1.29 is 37.9 Å². The number of rotatable bonds is 4. The Balaban J connectivity index is 0.000000568. The molecule has 1 heterocycles. The molecule has 0 aromatic heterocycles. The van der Waals surface area contributed by atoms with Crippen LogP contribution in [0.1, 0.15) is 17.3 Å². The highest BCUT2D eigenvalue weighted by Gasteiger charge is 2.28. The summed E-state index contributed by atoms with van der Waals surface area (Å²) in [6.45, 7) is 2.63. The van der Waals surface area contributed by atoms with E-state index in [2.05, 4.69) is 0 Å². The normalized spacial score (nSPS) is 14.5. The second kappa shape index (κ2) is 9.75. The summed E-state index contributed by atoms with van der Waals surface area (Å²) in [5.41, 5.74) is 0.0963. The second-order valence-electron chi connectivity index (χ2n) is 5.51. The van der Waals surface area contributed by atoms with Crippen LogP contribution in [0.25, 0.3) is 0 Å². The van der Waals surface area contributed by atoms with Gasteiger partial charge in [0.25, 0.3) is 11.6 Å². The second-order valence-corrected chi connectivity index (χ2v) is 7.77. The fourth-order valence-electron chi connectivity index (χ4n) is 2.29. The van der Waals surface area contributed by atoms with Gasteiger partial charge in [-0.05, 0) is 13.0 Å². The molecule has 0 spiro atoms. The van der Waals surface area contributed by atoms with Crippen LogP contribution >= 0.6 is 0 Å². The van der Waals surface area contributed by atoms with Crippen molar-refractivity contribution in [2.75, 3.05) is 31.9 Å². The summed E-state index contributed by atoms with van der Waals surface area (Å²) in [4.78, 5) is 42.2. The van der Waals surface area contributed by atoms with Crippen molar-refractivity contribution in [2.45, 2.75) is 6.92 Å². The van der Waals surface area contributed by atoms with Crippen LogP contribution in [0.4, 0.5) is 5.69 Å². The van der Waals surface area contributed by atoms with Crippen LogP contribution in [0, 0.1) is 10.1 Å². The molecule has 1 aliphatic rings. The first kappa shape index (κ1) is 23.0. The molecule has 0 atom stereocenters. The van der Waals surface area contributed by atoms with Crippen molar-refractivity contribution in [2.24, 2.45) is 0 Å². The van der Waals surface area contributed by atoms with Gasteiger partial charge in [0.05, 0.1) is 10.7 Å². The maximum atomic E-state index is 12.3. The number of sulfonamides is 1. The van der Waals surface area contributed by atoms with E-state index in [-0.39, 0.29) is 49.1 Å². The summed E-state index contributed by atoms with van der Waals surface area (Å²) in [6.07, 6.45) is 0. The predicted octanol–water partition coefficient (Wildman–Crippen LogP) is -0.142. The van der Waals surface area contributed by atoms with E-state index in [4.69, 9.17) is 19.8 Å². The first-order valence-corrected chi connectivity index (χ1v) is 9.58. The van der Waals surface area contributed by atoms with Crippen LogP contribution in [0.3, 0.4) is 0 Å². The number of carbonyl (C=O) groups is 3. The Labute approximate surface area is 160 Å². The average molecular weight is 417 g/mol. The number of aliphatic carboxylic acids is 2. The van der Waals surface area contributed by atoms with E-state index in [1.165, 1.54) is 33.5 Å². The zero-order valence-electron chi connectivity index (χ0n) is 14.8. The monoisotopic (exact) mass is 417 g/mol. The number of non-ortho nitro benzene ring substituents is 1. The first-order chi connectivity index (χ1) is 13.0. The summed E-state index contributed by atoms with van der Waals surface area (Å²) in [5, 5.41) is 25.5. The third-order valence-corrected chi connectivity index (χ3v) is 5.65. The van der Waals surface area contributed by atoms with Gasteiger partial charge in [0, 0.05) is 43.9 Å². The topological polar surface area (TPSA) is 175 Å².